The molecule has 2 aromatic rings. The molecule has 6 nitrogen and oxygen atoms in total. The first kappa shape index (κ1) is 17.5. The molecule has 1 N–H and O–H groups in total. The Bertz CT molecular complexity index is 716. The molecule has 1 amide bonds. The molecule has 0 heterocycles. The second-order valence-electron chi connectivity index (χ2n) is 5.31. The number of anilines is 1. The maximum Gasteiger partial charge on any atom is 0.273 e. The van der Waals surface area contributed by atoms with Crippen molar-refractivity contribution in [1.29, 1.82) is 0 Å². The van der Waals surface area contributed by atoms with Crippen LogP contribution in [0.2, 0.25) is 0 Å². The van der Waals surface area contributed by atoms with Crippen molar-refractivity contribution in [3.8, 4) is 5.75 Å². The van der Waals surface area contributed by atoms with Gasteiger partial charge >= 0.3 is 0 Å². The number of rotatable bonds is 8. The third kappa shape index (κ3) is 4.81. The maximum absolute atomic E-state index is 12.2. The number of nitrogens with one attached hydrogen (secondary N) is 1. The monoisotopic (exact) mass is 328 g/mol. The average molecular weight is 328 g/mol. The summed E-state index contributed by atoms with van der Waals surface area (Å²) < 4.78 is 5.67. The highest BCUT2D eigenvalue weighted by molar-refractivity contribution is 5.94. The van der Waals surface area contributed by atoms with Crippen molar-refractivity contribution < 1.29 is 14.5 Å². The van der Waals surface area contributed by atoms with Gasteiger partial charge in [-0.05, 0) is 18.6 Å². The summed E-state index contributed by atoms with van der Waals surface area (Å²) in [5, 5.41) is 13.8. The number of hydrogen-bond donors (Lipinski definition) is 1. The zero-order chi connectivity index (χ0) is 17.4. The first-order chi connectivity index (χ1) is 11.6. The van der Waals surface area contributed by atoms with Crippen molar-refractivity contribution in [2.24, 2.45) is 0 Å². The summed E-state index contributed by atoms with van der Waals surface area (Å²) in [4.78, 5) is 22.8. The third-order valence-electron chi connectivity index (χ3n) is 3.46. The summed E-state index contributed by atoms with van der Waals surface area (Å²) in [6.07, 6.45) is 1.88. The minimum Gasteiger partial charge on any atom is -0.491 e. The standard InChI is InChI=1S/C18H20N2O4/c1-2-3-12-24-17-11-7-5-9-15(17)19-18(21)13-14-8-4-6-10-16(14)20(22)23/h4-11H,2-3,12-13H2,1H3,(H,19,21). The van der Waals surface area contributed by atoms with E-state index in [1.165, 1.54) is 6.07 Å². The molecule has 6 heteroatoms. The van der Waals surface area contributed by atoms with E-state index in [9.17, 15) is 14.9 Å². The highest BCUT2D eigenvalue weighted by atomic mass is 16.6. The summed E-state index contributed by atoms with van der Waals surface area (Å²) in [6, 6.07) is 13.4. The van der Waals surface area contributed by atoms with Gasteiger partial charge in [-0.25, -0.2) is 0 Å². The maximum atomic E-state index is 12.2. The normalized spacial score (nSPS) is 10.2. The van der Waals surface area contributed by atoms with Crippen LogP contribution in [0.5, 0.6) is 5.75 Å². The fraction of sp³-hybridized carbons (Fsp3) is 0.278. The third-order valence-corrected chi connectivity index (χ3v) is 3.46. The molecular weight excluding hydrogens is 308 g/mol. The van der Waals surface area contributed by atoms with Crippen LogP contribution in [-0.2, 0) is 11.2 Å². The Morgan fingerprint density at radius 1 is 1.17 bits per heavy atom. The van der Waals surface area contributed by atoms with Crippen LogP contribution in [0.4, 0.5) is 11.4 Å². The minimum atomic E-state index is -0.482. The molecule has 2 aromatic carbocycles. The van der Waals surface area contributed by atoms with E-state index in [2.05, 4.69) is 12.2 Å². The average Bonchev–Trinajstić information content (AvgIpc) is 2.57. The van der Waals surface area contributed by atoms with Gasteiger partial charge < -0.3 is 10.1 Å². The van der Waals surface area contributed by atoms with E-state index in [0.29, 0.717) is 23.6 Å². The Morgan fingerprint density at radius 2 is 1.88 bits per heavy atom. The highest BCUT2D eigenvalue weighted by Crippen LogP contribution is 2.25. The van der Waals surface area contributed by atoms with Gasteiger partial charge in [0.15, 0.2) is 0 Å². The van der Waals surface area contributed by atoms with Crippen LogP contribution in [0.3, 0.4) is 0 Å². The summed E-state index contributed by atoms with van der Waals surface area (Å²) in [5.41, 5.74) is 0.890. The lowest BCUT2D eigenvalue weighted by Gasteiger charge is -2.12. The molecule has 0 aliphatic carbocycles. The van der Waals surface area contributed by atoms with Gasteiger partial charge in [-0.15, -0.1) is 0 Å². The molecule has 0 radical (unpaired) electrons. The number of nitrogens with zero attached hydrogens (tertiary/aromatic N) is 1. The number of hydrogen-bond acceptors (Lipinski definition) is 4. The molecule has 126 valence electrons. The van der Waals surface area contributed by atoms with Gasteiger partial charge in [-0.3, -0.25) is 14.9 Å². The number of nitro benzene ring substituents is 1. The lowest BCUT2D eigenvalue weighted by Crippen LogP contribution is -2.16. The summed E-state index contributed by atoms with van der Waals surface area (Å²) in [7, 11) is 0. The van der Waals surface area contributed by atoms with Gasteiger partial charge in [0.2, 0.25) is 5.91 Å². The molecule has 0 saturated carbocycles. The molecule has 0 unspecified atom stereocenters. The van der Waals surface area contributed by atoms with Crippen molar-refractivity contribution >= 4 is 17.3 Å². The molecule has 24 heavy (non-hydrogen) atoms. The van der Waals surface area contributed by atoms with Gasteiger partial charge in [0.25, 0.3) is 5.69 Å². The second kappa shape index (κ2) is 8.67. The van der Waals surface area contributed by atoms with Crippen molar-refractivity contribution in [1.82, 2.24) is 0 Å². The van der Waals surface area contributed by atoms with E-state index in [-0.39, 0.29) is 18.0 Å². The molecule has 0 atom stereocenters. The first-order valence-corrected chi connectivity index (χ1v) is 7.85. The zero-order valence-electron chi connectivity index (χ0n) is 13.5. The number of benzene rings is 2. The van der Waals surface area contributed by atoms with Gasteiger partial charge in [-0.2, -0.15) is 0 Å². The number of amides is 1. The predicted molar refractivity (Wildman–Crippen MR) is 92.3 cm³/mol. The SMILES string of the molecule is CCCCOc1ccccc1NC(=O)Cc1ccccc1[N+](=O)[O-]. The molecule has 0 saturated heterocycles. The van der Waals surface area contributed by atoms with Crippen LogP contribution in [0.25, 0.3) is 0 Å². The lowest BCUT2D eigenvalue weighted by atomic mass is 10.1. The van der Waals surface area contributed by atoms with Crippen molar-refractivity contribution in [2.45, 2.75) is 26.2 Å². The van der Waals surface area contributed by atoms with Crippen LogP contribution in [0.15, 0.2) is 48.5 Å². The molecule has 0 aliphatic rings. The number of para-hydroxylation sites is 3. The Morgan fingerprint density at radius 3 is 2.62 bits per heavy atom. The zero-order valence-corrected chi connectivity index (χ0v) is 13.5. The molecule has 0 spiro atoms. The smallest absolute Gasteiger partial charge is 0.273 e. The Balaban J connectivity index is 2.07. The van der Waals surface area contributed by atoms with Crippen LogP contribution in [0.1, 0.15) is 25.3 Å². The highest BCUT2D eigenvalue weighted by Gasteiger charge is 2.16. The molecule has 0 aliphatic heterocycles. The van der Waals surface area contributed by atoms with Crippen molar-refractivity contribution in [3.05, 3.63) is 64.2 Å². The Hall–Kier alpha value is -2.89. The number of unbranched alkanes of at least 4 members (excludes halogenated alkanes) is 1. The number of ether oxygens (including phenoxy) is 1. The van der Waals surface area contributed by atoms with E-state index in [4.69, 9.17) is 4.74 Å². The van der Waals surface area contributed by atoms with Crippen molar-refractivity contribution in [3.63, 3.8) is 0 Å². The molecule has 0 fully saturated rings. The van der Waals surface area contributed by atoms with Crippen LogP contribution in [-0.4, -0.2) is 17.4 Å². The minimum absolute atomic E-state index is 0.0554. The van der Waals surface area contributed by atoms with Gasteiger partial charge in [0.05, 0.1) is 23.6 Å². The van der Waals surface area contributed by atoms with E-state index in [0.717, 1.165) is 12.8 Å². The number of carbonyl (C=O) groups excluding carboxylic acids is 1. The summed E-state index contributed by atoms with van der Waals surface area (Å²) in [5.74, 6) is 0.276. The summed E-state index contributed by atoms with van der Waals surface area (Å²) in [6.45, 7) is 2.65. The van der Waals surface area contributed by atoms with E-state index < -0.39 is 4.92 Å². The van der Waals surface area contributed by atoms with E-state index in [1.807, 2.05) is 6.07 Å². The molecule has 0 bridgehead atoms. The van der Waals surface area contributed by atoms with Crippen LogP contribution < -0.4 is 10.1 Å². The van der Waals surface area contributed by atoms with Gasteiger partial charge in [0.1, 0.15) is 5.75 Å². The largest absolute Gasteiger partial charge is 0.491 e. The van der Waals surface area contributed by atoms with E-state index >= 15 is 0 Å². The fourth-order valence-electron chi connectivity index (χ4n) is 2.23. The lowest BCUT2D eigenvalue weighted by molar-refractivity contribution is -0.385. The van der Waals surface area contributed by atoms with Gasteiger partial charge in [0, 0.05) is 11.6 Å². The number of nitro groups is 1. The molecular formula is C18H20N2O4. The topological polar surface area (TPSA) is 81.5 Å². The quantitative estimate of drug-likeness (QED) is 0.452. The van der Waals surface area contributed by atoms with Crippen molar-refractivity contribution in [2.75, 3.05) is 11.9 Å². The number of carbonyl (C=O) groups is 1. The van der Waals surface area contributed by atoms with Crippen LogP contribution in [0, 0.1) is 10.1 Å². The first-order valence-electron chi connectivity index (χ1n) is 7.85. The predicted octanol–water partition coefficient (Wildman–Crippen LogP) is 3.95. The molecule has 0 aromatic heterocycles. The Labute approximate surface area is 140 Å². The fourth-order valence-corrected chi connectivity index (χ4v) is 2.23. The van der Waals surface area contributed by atoms with Crippen LogP contribution >= 0.6 is 0 Å². The Kier molecular flexibility index (Phi) is 6.31. The molecule has 2 rings (SSSR count). The second-order valence-corrected chi connectivity index (χ2v) is 5.31. The van der Waals surface area contributed by atoms with Gasteiger partial charge in [-0.1, -0.05) is 43.7 Å². The summed E-state index contributed by atoms with van der Waals surface area (Å²) >= 11 is 0. The van der Waals surface area contributed by atoms with E-state index in [1.54, 1.807) is 36.4 Å².